The van der Waals surface area contributed by atoms with Crippen molar-refractivity contribution in [1.29, 1.82) is 0 Å². The fourth-order valence-electron chi connectivity index (χ4n) is 1.70. The van der Waals surface area contributed by atoms with Crippen molar-refractivity contribution in [2.75, 3.05) is 26.7 Å². The van der Waals surface area contributed by atoms with Crippen molar-refractivity contribution in [3.63, 3.8) is 0 Å². The summed E-state index contributed by atoms with van der Waals surface area (Å²) in [4.78, 5) is 0. The van der Waals surface area contributed by atoms with E-state index in [1.54, 1.807) is 7.11 Å². The van der Waals surface area contributed by atoms with E-state index < -0.39 is 0 Å². The van der Waals surface area contributed by atoms with Gasteiger partial charge in [0.1, 0.15) is 5.75 Å². The first-order valence-corrected chi connectivity index (χ1v) is 5.43. The van der Waals surface area contributed by atoms with Crippen LogP contribution in [0.1, 0.15) is 5.56 Å². The van der Waals surface area contributed by atoms with Gasteiger partial charge in [-0.3, -0.25) is 0 Å². The van der Waals surface area contributed by atoms with Gasteiger partial charge in [-0.05, 0) is 23.6 Å². The molecule has 3 nitrogen and oxygen atoms in total. The van der Waals surface area contributed by atoms with Gasteiger partial charge >= 0.3 is 0 Å². The maximum absolute atomic E-state index is 5.18. The van der Waals surface area contributed by atoms with Crippen LogP contribution in [-0.2, 0) is 6.54 Å². The minimum atomic E-state index is 0.815. The van der Waals surface area contributed by atoms with Crippen LogP contribution in [0.25, 0.3) is 0 Å². The molecule has 0 bridgehead atoms. The Labute approximate surface area is 90.8 Å². The highest BCUT2D eigenvalue weighted by Crippen LogP contribution is 2.12. The average molecular weight is 206 g/mol. The van der Waals surface area contributed by atoms with Crippen LogP contribution < -0.4 is 15.4 Å². The molecule has 15 heavy (non-hydrogen) atoms. The van der Waals surface area contributed by atoms with E-state index in [1.807, 2.05) is 12.1 Å². The van der Waals surface area contributed by atoms with E-state index in [2.05, 4.69) is 22.8 Å². The van der Waals surface area contributed by atoms with Gasteiger partial charge < -0.3 is 15.4 Å². The fraction of sp³-hybridized carbons (Fsp3) is 0.500. The van der Waals surface area contributed by atoms with Crippen LogP contribution >= 0.6 is 0 Å². The highest BCUT2D eigenvalue weighted by Gasteiger charge is 2.15. The van der Waals surface area contributed by atoms with Gasteiger partial charge in [-0.2, -0.15) is 0 Å². The van der Waals surface area contributed by atoms with E-state index in [4.69, 9.17) is 4.74 Å². The Balaban J connectivity index is 1.76. The Bertz CT molecular complexity index is 310. The molecule has 3 heteroatoms. The maximum atomic E-state index is 5.18. The lowest BCUT2D eigenvalue weighted by atomic mass is 10.0. The van der Waals surface area contributed by atoms with Crippen LogP contribution in [0.5, 0.6) is 5.75 Å². The van der Waals surface area contributed by atoms with Gasteiger partial charge in [-0.1, -0.05) is 12.1 Å². The highest BCUT2D eigenvalue weighted by atomic mass is 16.5. The van der Waals surface area contributed by atoms with Crippen molar-refractivity contribution in [3.05, 3.63) is 29.8 Å². The summed E-state index contributed by atoms with van der Waals surface area (Å²) >= 11 is 0. The third kappa shape index (κ3) is 2.94. The Morgan fingerprint density at radius 1 is 1.47 bits per heavy atom. The summed E-state index contributed by atoms with van der Waals surface area (Å²) in [6.07, 6.45) is 0. The van der Waals surface area contributed by atoms with Gasteiger partial charge in [0, 0.05) is 26.2 Å². The van der Waals surface area contributed by atoms with E-state index in [-0.39, 0.29) is 0 Å². The molecule has 1 heterocycles. The van der Waals surface area contributed by atoms with E-state index in [1.165, 1.54) is 5.56 Å². The second-order valence-corrected chi connectivity index (χ2v) is 4.01. The molecule has 0 saturated carbocycles. The highest BCUT2D eigenvalue weighted by molar-refractivity contribution is 5.28. The minimum Gasteiger partial charge on any atom is -0.497 e. The molecule has 0 amide bonds. The normalized spacial score (nSPS) is 16.1. The zero-order valence-electron chi connectivity index (χ0n) is 9.12. The molecular formula is C12H18N2O. The Morgan fingerprint density at radius 3 is 3.00 bits per heavy atom. The summed E-state index contributed by atoms with van der Waals surface area (Å²) in [6.45, 7) is 4.34. The molecule has 1 fully saturated rings. The van der Waals surface area contributed by atoms with Gasteiger partial charge in [-0.15, -0.1) is 0 Å². The molecular weight excluding hydrogens is 188 g/mol. The Hall–Kier alpha value is -1.06. The molecule has 1 aliphatic rings. The standard InChI is InChI=1S/C12H18N2O/c1-15-12-4-2-3-10(5-12)6-13-7-11-8-14-9-11/h2-5,11,13-14H,6-9H2,1H3. The largest absolute Gasteiger partial charge is 0.497 e. The number of ether oxygens (including phenoxy) is 1. The van der Waals surface area contributed by atoms with Gasteiger partial charge in [0.2, 0.25) is 0 Å². The second kappa shape index (κ2) is 5.14. The van der Waals surface area contributed by atoms with Crippen LogP contribution in [0, 0.1) is 5.92 Å². The summed E-state index contributed by atoms with van der Waals surface area (Å²) in [5, 5.41) is 6.73. The lowest BCUT2D eigenvalue weighted by Gasteiger charge is -2.27. The van der Waals surface area contributed by atoms with Crippen LogP contribution in [0.4, 0.5) is 0 Å². The van der Waals surface area contributed by atoms with E-state index in [9.17, 15) is 0 Å². The molecule has 1 aromatic carbocycles. The monoisotopic (exact) mass is 206 g/mol. The van der Waals surface area contributed by atoms with Crippen molar-refractivity contribution >= 4 is 0 Å². The molecule has 1 aromatic rings. The number of nitrogens with one attached hydrogen (secondary N) is 2. The smallest absolute Gasteiger partial charge is 0.119 e. The number of hydrogen-bond donors (Lipinski definition) is 2. The fourth-order valence-corrected chi connectivity index (χ4v) is 1.70. The minimum absolute atomic E-state index is 0.815. The number of benzene rings is 1. The van der Waals surface area contributed by atoms with Gasteiger partial charge in [-0.25, -0.2) is 0 Å². The SMILES string of the molecule is COc1cccc(CNCC2CNC2)c1. The Kier molecular flexibility index (Phi) is 3.59. The van der Waals surface area contributed by atoms with Crippen molar-refractivity contribution in [1.82, 2.24) is 10.6 Å². The summed E-state index contributed by atoms with van der Waals surface area (Å²) in [5.74, 6) is 1.75. The maximum Gasteiger partial charge on any atom is 0.119 e. The molecule has 2 N–H and O–H groups in total. The molecule has 2 rings (SSSR count). The van der Waals surface area contributed by atoms with Crippen molar-refractivity contribution in [2.45, 2.75) is 6.54 Å². The van der Waals surface area contributed by atoms with E-state index in [0.717, 1.165) is 37.8 Å². The molecule has 0 aromatic heterocycles. The summed E-state index contributed by atoms with van der Waals surface area (Å²) in [5.41, 5.74) is 1.28. The number of hydrogen-bond acceptors (Lipinski definition) is 3. The van der Waals surface area contributed by atoms with Crippen molar-refractivity contribution in [2.24, 2.45) is 5.92 Å². The number of methoxy groups -OCH3 is 1. The van der Waals surface area contributed by atoms with Gasteiger partial charge in [0.25, 0.3) is 0 Å². The lowest BCUT2D eigenvalue weighted by molar-refractivity contribution is 0.331. The molecule has 0 aliphatic carbocycles. The topological polar surface area (TPSA) is 33.3 Å². The molecule has 0 radical (unpaired) electrons. The lowest BCUT2D eigenvalue weighted by Crippen LogP contribution is -2.47. The van der Waals surface area contributed by atoms with Crippen LogP contribution in [-0.4, -0.2) is 26.7 Å². The number of rotatable bonds is 5. The molecule has 0 spiro atoms. The Morgan fingerprint density at radius 2 is 2.33 bits per heavy atom. The van der Waals surface area contributed by atoms with E-state index in [0.29, 0.717) is 0 Å². The predicted molar refractivity (Wildman–Crippen MR) is 61.1 cm³/mol. The quantitative estimate of drug-likeness (QED) is 0.754. The molecule has 1 saturated heterocycles. The average Bonchev–Trinajstić information content (AvgIpc) is 2.22. The third-order valence-corrected chi connectivity index (χ3v) is 2.76. The van der Waals surface area contributed by atoms with Crippen LogP contribution in [0.2, 0.25) is 0 Å². The first-order chi connectivity index (χ1) is 7.38. The molecule has 0 atom stereocenters. The first-order valence-electron chi connectivity index (χ1n) is 5.43. The summed E-state index contributed by atoms with van der Waals surface area (Å²) < 4.78 is 5.18. The van der Waals surface area contributed by atoms with Crippen molar-refractivity contribution in [3.8, 4) is 5.75 Å². The summed E-state index contributed by atoms with van der Waals surface area (Å²) in [6, 6.07) is 8.20. The third-order valence-electron chi connectivity index (χ3n) is 2.76. The summed E-state index contributed by atoms with van der Waals surface area (Å²) in [7, 11) is 1.70. The molecule has 82 valence electrons. The van der Waals surface area contributed by atoms with Crippen LogP contribution in [0.15, 0.2) is 24.3 Å². The zero-order valence-corrected chi connectivity index (χ0v) is 9.12. The van der Waals surface area contributed by atoms with Crippen LogP contribution in [0.3, 0.4) is 0 Å². The van der Waals surface area contributed by atoms with Gasteiger partial charge in [0.15, 0.2) is 0 Å². The second-order valence-electron chi connectivity index (χ2n) is 4.01. The zero-order chi connectivity index (χ0) is 10.5. The molecule has 1 aliphatic heterocycles. The molecule has 0 unspecified atom stereocenters. The van der Waals surface area contributed by atoms with Crippen molar-refractivity contribution < 1.29 is 4.74 Å². The van der Waals surface area contributed by atoms with Gasteiger partial charge in [0.05, 0.1) is 7.11 Å². The van der Waals surface area contributed by atoms with E-state index >= 15 is 0 Å². The predicted octanol–water partition coefficient (Wildman–Crippen LogP) is 1.00. The first kappa shape index (κ1) is 10.5.